The Hall–Kier alpha value is -2.25. The van der Waals surface area contributed by atoms with Crippen LogP contribution in [0.5, 0.6) is 0 Å². The summed E-state index contributed by atoms with van der Waals surface area (Å²) in [4.78, 5) is 4.79. The fraction of sp³-hybridized carbons (Fsp3) is 0.350. The quantitative estimate of drug-likeness (QED) is 0.673. The third-order valence-electron chi connectivity index (χ3n) is 5.24. The Morgan fingerprint density at radius 2 is 1.86 bits per heavy atom. The molecule has 4 nitrogen and oxygen atoms in total. The van der Waals surface area contributed by atoms with Crippen LogP contribution in [-0.2, 0) is 12.7 Å². The van der Waals surface area contributed by atoms with Crippen LogP contribution in [0.2, 0.25) is 5.02 Å². The molecule has 0 atom stereocenters. The molecule has 0 aromatic heterocycles. The summed E-state index contributed by atoms with van der Waals surface area (Å²) in [5.41, 5.74) is 1.09. The van der Waals surface area contributed by atoms with Crippen LogP contribution in [0.15, 0.2) is 47.5 Å². The molecule has 28 heavy (non-hydrogen) atoms. The fourth-order valence-electron chi connectivity index (χ4n) is 3.71. The third-order valence-corrected chi connectivity index (χ3v) is 5.61. The molecular weight excluding hydrogens is 389 g/mol. The molecule has 0 unspecified atom stereocenters. The van der Waals surface area contributed by atoms with Crippen molar-refractivity contribution < 1.29 is 13.2 Å². The maximum absolute atomic E-state index is 13.0. The van der Waals surface area contributed by atoms with Crippen molar-refractivity contribution in [3.8, 4) is 0 Å². The molecule has 3 N–H and O–H groups in total. The molecule has 1 saturated heterocycles. The van der Waals surface area contributed by atoms with Crippen LogP contribution in [0.25, 0.3) is 0 Å². The van der Waals surface area contributed by atoms with Crippen LogP contribution in [0.3, 0.4) is 0 Å². The molecule has 0 bridgehead atoms. The number of piperidine rings is 1. The number of hydrogen-bond acceptors (Lipinski definition) is 4. The summed E-state index contributed by atoms with van der Waals surface area (Å²) < 4.78 is 39.1. The number of amidine groups is 1. The predicted octanol–water partition coefficient (Wildman–Crippen LogP) is 4.73. The zero-order valence-electron chi connectivity index (χ0n) is 15.0. The van der Waals surface area contributed by atoms with Gasteiger partial charge < -0.3 is 16.0 Å². The summed E-state index contributed by atoms with van der Waals surface area (Å²) in [6.45, 7) is 1.83. The molecule has 148 valence electrons. The van der Waals surface area contributed by atoms with E-state index < -0.39 is 11.7 Å². The van der Waals surface area contributed by atoms with Gasteiger partial charge in [-0.15, -0.1) is 0 Å². The van der Waals surface area contributed by atoms with Gasteiger partial charge in [0.2, 0.25) is 0 Å². The number of nitrogens with one attached hydrogen (secondary N) is 3. The van der Waals surface area contributed by atoms with Gasteiger partial charge in [-0.05, 0) is 61.8 Å². The lowest BCUT2D eigenvalue weighted by Crippen LogP contribution is -2.58. The summed E-state index contributed by atoms with van der Waals surface area (Å²) >= 11 is 6.15. The molecule has 2 heterocycles. The first-order valence-corrected chi connectivity index (χ1v) is 9.52. The van der Waals surface area contributed by atoms with Gasteiger partial charge in [-0.2, -0.15) is 13.2 Å². The van der Waals surface area contributed by atoms with E-state index in [-0.39, 0.29) is 12.1 Å². The average Bonchev–Trinajstić information content (AvgIpc) is 2.67. The SMILES string of the molecule is FC(F)(F)c1ccc(Cl)c(CNC2=Nc3ccccc3NC23CCNCC3)c1. The van der Waals surface area contributed by atoms with Crippen molar-refractivity contribution in [1.29, 1.82) is 0 Å². The molecule has 1 fully saturated rings. The normalized spacial score (nSPS) is 18.2. The van der Waals surface area contributed by atoms with Crippen LogP contribution in [0.4, 0.5) is 24.5 Å². The molecule has 0 amide bonds. The number of aliphatic imine (C=N–C) groups is 1. The molecule has 8 heteroatoms. The van der Waals surface area contributed by atoms with E-state index in [1.54, 1.807) is 0 Å². The van der Waals surface area contributed by atoms with Crippen molar-refractivity contribution >= 4 is 28.8 Å². The first kappa shape index (κ1) is 19.1. The Kier molecular flexibility index (Phi) is 4.97. The summed E-state index contributed by atoms with van der Waals surface area (Å²) in [5, 5.41) is 10.5. The van der Waals surface area contributed by atoms with E-state index in [9.17, 15) is 13.2 Å². The second kappa shape index (κ2) is 7.29. The molecule has 2 aromatic rings. The van der Waals surface area contributed by atoms with Gasteiger partial charge in [0, 0.05) is 11.6 Å². The van der Waals surface area contributed by atoms with Crippen molar-refractivity contribution in [1.82, 2.24) is 10.6 Å². The third kappa shape index (κ3) is 3.69. The molecule has 0 saturated carbocycles. The number of rotatable bonds is 2. The topological polar surface area (TPSA) is 48.5 Å². The summed E-state index contributed by atoms with van der Waals surface area (Å²) in [7, 11) is 0. The average molecular weight is 409 g/mol. The zero-order chi connectivity index (χ0) is 19.8. The molecule has 2 aliphatic rings. The van der Waals surface area contributed by atoms with E-state index in [1.807, 2.05) is 24.3 Å². The van der Waals surface area contributed by atoms with Gasteiger partial charge in [-0.1, -0.05) is 23.7 Å². The van der Waals surface area contributed by atoms with E-state index in [4.69, 9.17) is 16.6 Å². The maximum atomic E-state index is 13.0. The molecule has 2 aliphatic heterocycles. The predicted molar refractivity (Wildman–Crippen MR) is 105 cm³/mol. The lowest BCUT2D eigenvalue weighted by molar-refractivity contribution is -0.137. The minimum atomic E-state index is -4.40. The first-order valence-electron chi connectivity index (χ1n) is 9.14. The number of fused-ring (bicyclic) bond motifs is 1. The lowest BCUT2D eigenvalue weighted by atomic mass is 9.85. The van der Waals surface area contributed by atoms with E-state index >= 15 is 0 Å². The second-order valence-electron chi connectivity index (χ2n) is 7.09. The monoisotopic (exact) mass is 408 g/mol. The van der Waals surface area contributed by atoms with Crippen LogP contribution < -0.4 is 16.0 Å². The molecule has 1 spiro atoms. The summed E-state index contributed by atoms with van der Waals surface area (Å²) in [6.07, 6.45) is -2.76. The number of hydrogen-bond donors (Lipinski definition) is 3. The van der Waals surface area contributed by atoms with Crippen LogP contribution in [-0.4, -0.2) is 24.5 Å². The smallest absolute Gasteiger partial charge is 0.371 e. The second-order valence-corrected chi connectivity index (χ2v) is 7.50. The molecule has 4 rings (SSSR count). The highest BCUT2D eigenvalue weighted by Gasteiger charge is 2.40. The van der Waals surface area contributed by atoms with E-state index in [1.165, 1.54) is 6.07 Å². The highest BCUT2D eigenvalue weighted by molar-refractivity contribution is 6.31. The van der Waals surface area contributed by atoms with Gasteiger partial charge in [0.05, 0.1) is 22.5 Å². The Morgan fingerprint density at radius 3 is 2.61 bits per heavy atom. The minimum absolute atomic E-state index is 0.167. The van der Waals surface area contributed by atoms with Gasteiger partial charge >= 0.3 is 6.18 Å². The number of anilines is 1. The van der Waals surface area contributed by atoms with Gasteiger partial charge in [0.15, 0.2) is 0 Å². The largest absolute Gasteiger partial charge is 0.416 e. The van der Waals surface area contributed by atoms with Gasteiger partial charge in [0.25, 0.3) is 0 Å². The molecular formula is C20H20ClF3N4. The van der Waals surface area contributed by atoms with Crippen molar-refractivity contribution in [3.63, 3.8) is 0 Å². The Labute approximate surface area is 166 Å². The number of halogens is 4. The van der Waals surface area contributed by atoms with E-state index in [0.717, 1.165) is 55.3 Å². The highest BCUT2D eigenvalue weighted by Crippen LogP contribution is 2.37. The van der Waals surface area contributed by atoms with Crippen molar-refractivity contribution in [2.45, 2.75) is 31.1 Å². The fourth-order valence-corrected chi connectivity index (χ4v) is 3.90. The van der Waals surface area contributed by atoms with Crippen LogP contribution in [0.1, 0.15) is 24.0 Å². The van der Waals surface area contributed by atoms with Crippen molar-refractivity contribution in [3.05, 3.63) is 58.6 Å². The Balaban J connectivity index is 1.63. The lowest BCUT2D eigenvalue weighted by Gasteiger charge is -2.43. The maximum Gasteiger partial charge on any atom is 0.416 e. The molecule has 0 radical (unpaired) electrons. The number of alkyl halides is 3. The van der Waals surface area contributed by atoms with Gasteiger partial charge in [0.1, 0.15) is 5.84 Å². The van der Waals surface area contributed by atoms with Crippen LogP contribution >= 0.6 is 11.6 Å². The van der Waals surface area contributed by atoms with Gasteiger partial charge in [-0.25, -0.2) is 4.99 Å². The van der Waals surface area contributed by atoms with Crippen molar-refractivity contribution in [2.24, 2.45) is 4.99 Å². The van der Waals surface area contributed by atoms with Crippen molar-refractivity contribution in [2.75, 3.05) is 18.4 Å². The number of benzene rings is 2. The van der Waals surface area contributed by atoms with E-state index in [2.05, 4.69) is 16.0 Å². The van der Waals surface area contributed by atoms with E-state index in [0.29, 0.717) is 10.6 Å². The number of nitrogens with zero attached hydrogens (tertiary/aromatic N) is 1. The standard InChI is InChI=1S/C20H20ClF3N4/c21-15-6-5-14(20(22,23)24)11-13(15)12-26-18-19(7-9-25-10-8-19)28-17-4-2-1-3-16(17)27-18/h1-6,11,25,28H,7-10,12H2,(H,26,27). The minimum Gasteiger partial charge on any atom is -0.371 e. The Morgan fingerprint density at radius 1 is 1.11 bits per heavy atom. The molecule has 2 aromatic carbocycles. The Bertz CT molecular complexity index is 905. The summed E-state index contributed by atoms with van der Waals surface area (Å²) in [6, 6.07) is 11.1. The zero-order valence-corrected chi connectivity index (χ0v) is 15.8. The first-order chi connectivity index (χ1) is 13.4. The summed E-state index contributed by atoms with van der Waals surface area (Å²) in [5.74, 6) is 0.737. The molecule has 0 aliphatic carbocycles. The highest BCUT2D eigenvalue weighted by atomic mass is 35.5. The number of para-hydroxylation sites is 2. The van der Waals surface area contributed by atoms with Gasteiger partial charge in [-0.3, -0.25) is 0 Å². The van der Waals surface area contributed by atoms with Crippen LogP contribution in [0, 0.1) is 0 Å².